The predicted octanol–water partition coefficient (Wildman–Crippen LogP) is 1.77. The van der Waals surface area contributed by atoms with Gasteiger partial charge in [-0.25, -0.2) is 0 Å². The molecule has 2 aromatic rings. The molecule has 1 aromatic heterocycles. The normalized spacial score (nSPS) is 11.9. The predicted molar refractivity (Wildman–Crippen MR) is 69.0 cm³/mol. The maximum Gasteiger partial charge on any atom is 0.247 e. The van der Waals surface area contributed by atoms with Crippen LogP contribution >= 0.6 is 11.6 Å². The van der Waals surface area contributed by atoms with E-state index in [2.05, 4.69) is 15.5 Å². The number of amides is 1. The van der Waals surface area contributed by atoms with Crippen LogP contribution in [0, 0.1) is 0 Å². The molecule has 6 heteroatoms. The zero-order chi connectivity index (χ0) is 13.0. The number of halogens is 1. The molecule has 0 aliphatic heterocycles. The number of anilines is 1. The van der Waals surface area contributed by atoms with Crippen molar-refractivity contribution in [3.05, 3.63) is 53.2 Å². The Bertz CT molecular complexity index is 530. The molecular formula is C12H11ClN4O. The third-order valence-corrected chi connectivity index (χ3v) is 2.53. The second-order valence-corrected chi connectivity index (χ2v) is 4.01. The van der Waals surface area contributed by atoms with Crippen molar-refractivity contribution in [2.24, 2.45) is 5.73 Å². The van der Waals surface area contributed by atoms with Gasteiger partial charge in [0.15, 0.2) is 11.0 Å². The highest BCUT2D eigenvalue weighted by atomic mass is 35.5. The molecule has 92 valence electrons. The van der Waals surface area contributed by atoms with Crippen LogP contribution in [0.4, 0.5) is 5.82 Å². The van der Waals surface area contributed by atoms with Gasteiger partial charge in [-0.3, -0.25) is 4.79 Å². The van der Waals surface area contributed by atoms with Gasteiger partial charge in [-0.2, -0.15) is 0 Å². The number of rotatable bonds is 3. The summed E-state index contributed by atoms with van der Waals surface area (Å²) in [5.41, 5.74) is 6.56. The molecule has 0 bridgehead atoms. The van der Waals surface area contributed by atoms with Crippen LogP contribution in [0.3, 0.4) is 0 Å². The Balaban J connectivity index is 2.06. The minimum absolute atomic E-state index is 0.264. The van der Waals surface area contributed by atoms with Gasteiger partial charge in [0.2, 0.25) is 5.91 Å². The zero-order valence-electron chi connectivity index (χ0n) is 9.38. The number of carbonyl (C=O) groups excluding carboxylic acids is 1. The Morgan fingerprint density at radius 1 is 1.17 bits per heavy atom. The van der Waals surface area contributed by atoms with Gasteiger partial charge in [0.05, 0.1) is 0 Å². The molecular weight excluding hydrogens is 252 g/mol. The van der Waals surface area contributed by atoms with E-state index in [0.717, 1.165) is 5.56 Å². The largest absolute Gasteiger partial charge is 0.316 e. The fraction of sp³-hybridized carbons (Fsp3) is 0.0833. The van der Waals surface area contributed by atoms with Crippen molar-refractivity contribution in [1.29, 1.82) is 0 Å². The lowest BCUT2D eigenvalue weighted by Gasteiger charge is -2.11. The molecule has 0 saturated carbocycles. The summed E-state index contributed by atoms with van der Waals surface area (Å²) < 4.78 is 0. The van der Waals surface area contributed by atoms with E-state index in [0.29, 0.717) is 5.82 Å². The van der Waals surface area contributed by atoms with Gasteiger partial charge in [-0.05, 0) is 17.7 Å². The number of nitrogens with one attached hydrogen (secondary N) is 1. The summed E-state index contributed by atoms with van der Waals surface area (Å²) in [6.45, 7) is 0. The third-order valence-electron chi connectivity index (χ3n) is 2.32. The van der Waals surface area contributed by atoms with Gasteiger partial charge in [-0.1, -0.05) is 41.9 Å². The van der Waals surface area contributed by atoms with Crippen LogP contribution in [0.2, 0.25) is 5.15 Å². The van der Waals surface area contributed by atoms with Crippen LogP contribution in [0.25, 0.3) is 0 Å². The highest BCUT2D eigenvalue weighted by Gasteiger charge is 2.15. The number of hydrogen-bond donors (Lipinski definition) is 2. The molecule has 1 aromatic carbocycles. The Morgan fingerprint density at radius 2 is 1.89 bits per heavy atom. The number of nitrogens with zero attached hydrogens (tertiary/aromatic N) is 2. The average Bonchev–Trinajstić information content (AvgIpc) is 2.41. The third kappa shape index (κ3) is 3.03. The second-order valence-electron chi connectivity index (χ2n) is 3.62. The van der Waals surface area contributed by atoms with Crippen LogP contribution in [0.5, 0.6) is 0 Å². The van der Waals surface area contributed by atoms with Crippen LogP contribution in [0.1, 0.15) is 11.6 Å². The summed E-state index contributed by atoms with van der Waals surface area (Å²) in [7, 11) is 0. The number of carbonyl (C=O) groups is 1. The van der Waals surface area contributed by atoms with Crippen molar-refractivity contribution >= 4 is 23.3 Å². The molecule has 0 spiro atoms. The highest BCUT2D eigenvalue weighted by Crippen LogP contribution is 2.12. The minimum atomic E-state index is -0.747. The molecule has 0 aliphatic rings. The molecule has 0 fully saturated rings. The first-order valence-electron chi connectivity index (χ1n) is 5.27. The second kappa shape index (κ2) is 5.57. The van der Waals surface area contributed by atoms with Gasteiger partial charge < -0.3 is 11.1 Å². The summed E-state index contributed by atoms with van der Waals surface area (Å²) in [6, 6.07) is 11.4. The van der Waals surface area contributed by atoms with Crippen molar-refractivity contribution in [1.82, 2.24) is 10.2 Å². The van der Waals surface area contributed by atoms with E-state index >= 15 is 0 Å². The van der Waals surface area contributed by atoms with E-state index in [1.807, 2.05) is 18.2 Å². The highest BCUT2D eigenvalue weighted by molar-refractivity contribution is 6.29. The van der Waals surface area contributed by atoms with E-state index in [9.17, 15) is 4.79 Å². The Labute approximate surface area is 109 Å². The number of aromatic nitrogens is 2. The van der Waals surface area contributed by atoms with E-state index in [1.54, 1.807) is 18.2 Å². The van der Waals surface area contributed by atoms with E-state index in [-0.39, 0.29) is 11.1 Å². The van der Waals surface area contributed by atoms with Crippen molar-refractivity contribution in [2.75, 3.05) is 5.32 Å². The minimum Gasteiger partial charge on any atom is -0.316 e. The van der Waals surface area contributed by atoms with Gasteiger partial charge in [-0.15, -0.1) is 10.2 Å². The van der Waals surface area contributed by atoms with E-state index in [4.69, 9.17) is 17.3 Å². The fourth-order valence-corrected chi connectivity index (χ4v) is 1.50. The SMILES string of the molecule is N[C@@H](C(=O)Nc1ccc(Cl)nn1)c1ccccc1. The van der Waals surface area contributed by atoms with Gasteiger partial charge in [0, 0.05) is 0 Å². The monoisotopic (exact) mass is 262 g/mol. The molecule has 0 aliphatic carbocycles. The number of hydrogen-bond acceptors (Lipinski definition) is 4. The smallest absolute Gasteiger partial charge is 0.247 e. The Hall–Kier alpha value is -1.98. The van der Waals surface area contributed by atoms with Crippen molar-refractivity contribution < 1.29 is 4.79 Å². The van der Waals surface area contributed by atoms with Crippen LogP contribution in [0.15, 0.2) is 42.5 Å². The first kappa shape index (κ1) is 12.5. The lowest BCUT2D eigenvalue weighted by atomic mass is 10.1. The summed E-state index contributed by atoms with van der Waals surface area (Å²) in [6.07, 6.45) is 0. The summed E-state index contributed by atoms with van der Waals surface area (Å²) >= 11 is 5.60. The molecule has 3 N–H and O–H groups in total. The number of nitrogens with two attached hydrogens (primary N) is 1. The molecule has 0 unspecified atom stereocenters. The first-order chi connectivity index (χ1) is 8.66. The van der Waals surface area contributed by atoms with Crippen molar-refractivity contribution in [3.8, 4) is 0 Å². The summed E-state index contributed by atoms with van der Waals surface area (Å²) in [5.74, 6) is -0.0337. The summed E-state index contributed by atoms with van der Waals surface area (Å²) in [5, 5.41) is 10.2. The lowest BCUT2D eigenvalue weighted by Crippen LogP contribution is -2.28. The van der Waals surface area contributed by atoms with Gasteiger partial charge in [0.25, 0.3) is 0 Å². The molecule has 2 rings (SSSR count). The van der Waals surface area contributed by atoms with E-state index < -0.39 is 6.04 Å². The van der Waals surface area contributed by atoms with Crippen molar-refractivity contribution in [2.45, 2.75) is 6.04 Å². The molecule has 0 saturated heterocycles. The number of benzene rings is 1. The zero-order valence-corrected chi connectivity index (χ0v) is 10.1. The topological polar surface area (TPSA) is 80.9 Å². The Morgan fingerprint density at radius 3 is 2.50 bits per heavy atom. The maximum atomic E-state index is 11.9. The molecule has 5 nitrogen and oxygen atoms in total. The summed E-state index contributed by atoms with van der Waals surface area (Å²) in [4.78, 5) is 11.9. The van der Waals surface area contributed by atoms with Gasteiger partial charge >= 0.3 is 0 Å². The fourth-order valence-electron chi connectivity index (χ4n) is 1.40. The molecule has 18 heavy (non-hydrogen) atoms. The quantitative estimate of drug-likeness (QED) is 0.883. The Kier molecular flexibility index (Phi) is 3.86. The first-order valence-corrected chi connectivity index (χ1v) is 5.65. The van der Waals surface area contributed by atoms with Crippen LogP contribution in [-0.2, 0) is 4.79 Å². The molecule has 1 heterocycles. The molecule has 1 amide bonds. The maximum absolute atomic E-state index is 11.9. The lowest BCUT2D eigenvalue weighted by molar-refractivity contribution is -0.117. The molecule has 0 radical (unpaired) electrons. The standard InChI is InChI=1S/C12H11ClN4O/c13-9-6-7-10(17-16-9)15-12(18)11(14)8-4-2-1-3-5-8/h1-7,11H,14H2,(H,15,17,18)/t11-/m1/s1. The average molecular weight is 263 g/mol. The van der Waals surface area contributed by atoms with Crippen molar-refractivity contribution in [3.63, 3.8) is 0 Å². The van der Waals surface area contributed by atoms with Crippen LogP contribution in [-0.4, -0.2) is 16.1 Å². The van der Waals surface area contributed by atoms with E-state index in [1.165, 1.54) is 6.07 Å². The van der Waals surface area contributed by atoms with Crippen LogP contribution < -0.4 is 11.1 Å². The molecule has 1 atom stereocenters. The van der Waals surface area contributed by atoms with Gasteiger partial charge in [0.1, 0.15) is 6.04 Å².